The van der Waals surface area contributed by atoms with Crippen LogP contribution >= 0.6 is 15.9 Å². The summed E-state index contributed by atoms with van der Waals surface area (Å²) in [6.45, 7) is 3.84. The molecule has 2 aromatic carbocycles. The molecule has 0 spiro atoms. The van der Waals surface area contributed by atoms with Crippen LogP contribution in [0.15, 0.2) is 52.0 Å². The van der Waals surface area contributed by atoms with Crippen LogP contribution in [-0.4, -0.2) is 21.7 Å². The number of phenols is 1. The second kappa shape index (κ2) is 6.49. The first-order valence-corrected chi connectivity index (χ1v) is 8.16. The predicted octanol–water partition coefficient (Wildman–Crippen LogP) is 4.10. The summed E-state index contributed by atoms with van der Waals surface area (Å²) in [5.74, 6) is -0.565. The summed E-state index contributed by atoms with van der Waals surface area (Å²) in [6, 6.07) is 12.8. The van der Waals surface area contributed by atoms with Gasteiger partial charge < -0.3 is 10.1 Å². The lowest BCUT2D eigenvalue weighted by atomic mass is 10.2. The van der Waals surface area contributed by atoms with Gasteiger partial charge in [0.15, 0.2) is 0 Å². The van der Waals surface area contributed by atoms with E-state index in [9.17, 15) is 9.90 Å². The second-order valence-corrected chi connectivity index (χ2v) is 6.49. The van der Waals surface area contributed by atoms with Gasteiger partial charge in [-0.05, 0) is 50.2 Å². The number of phenolic OH excluding ortho intramolecular Hbond substituents is 1. The van der Waals surface area contributed by atoms with E-state index < -0.39 is 5.91 Å². The number of hydrazone groups is 1. The van der Waals surface area contributed by atoms with Crippen molar-refractivity contribution in [1.82, 2.24) is 10.4 Å². The number of nitrogens with one attached hydrogen (secondary N) is 2. The zero-order valence-electron chi connectivity index (χ0n) is 13.2. The van der Waals surface area contributed by atoms with Crippen LogP contribution in [-0.2, 0) is 0 Å². The smallest absolute Gasteiger partial charge is 0.275 e. The number of carbonyl (C=O) groups excluding carboxylic acids is 1. The van der Waals surface area contributed by atoms with E-state index in [0.717, 1.165) is 16.6 Å². The third-order valence-electron chi connectivity index (χ3n) is 3.69. The monoisotopic (exact) mass is 385 g/mol. The molecule has 0 atom stereocenters. The number of H-pyrrole nitrogens is 1. The van der Waals surface area contributed by atoms with Crippen LogP contribution in [0.4, 0.5) is 0 Å². The highest BCUT2D eigenvalue weighted by Gasteiger charge is 2.11. The SMILES string of the molecule is C/C(=N\NC(=O)c1cc(Br)ccc1O)c1cc2cc(C)ccc2[nH]1. The molecule has 0 saturated carbocycles. The molecule has 0 saturated heterocycles. The largest absolute Gasteiger partial charge is 0.507 e. The van der Waals surface area contributed by atoms with Gasteiger partial charge in [-0.1, -0.05) is 27.6 Å². The van der Waals surface area contributed by atoms with Crippen LogP contribution in [0.5, 0.6) is 5.75 Å². The average molecular weight is 386 g/mol. The number of fused-ring (bicyclic) bond motifs is 1. The summed E-state index contributed by atoms with van der Waals surface area (Å²) in [6.07, 6.45) is 0. The van der Waals surface area contributed by atoms with E-state index >= 15 is 0 Å². The Morgan fingerprint density at radius 1 is 1.21 bits per heavy atom. The molecule has 5 nitrogen and oxygen atoms in total. The first kappa shape index (κ1) is 16.3. The van der Waals surface area contributed by atoms with E-state index in [2.05, 4.69) is 37.5 Å². The maximum atomic E-state index is 12.2. The maximum Gasteiger partial charge on any atom is 0.275 e. The van der Waals surface area contributed by atoms with Crippen molar-refractivity contribution in [3.05, 3.63) is 63.8 Å². The van der Waals surface area contributed by atoms with Gasteiger partial charge in [0, 0.05) is 15.4 Å². The Kier molecular flexibility index (Phi) is 4.40. The van der Waals surface area contributed by atoms with Crippen molar-refractivity contribution >= 4 is 38.5 Å². The zero-order valence-corrected chi connectivity index (χ0v) is 14.8. The molecule has 3 N–H and O–H groups in total. The number of rotatable bonds is 3. The van der Waals surface area contributed by atoms with Crippen LogP contribution in [0.25, 0.3) is 10.9 Å². The summed E-state index contributed by atoms with van der Waals surface area (Å²) in [7, 11) is 0. The molecule has 24 heavy (non-hydrogen) atoms. The molecule has 0 radical (unpaired) electrons. The number of aromatic hydroxyl groups is 1. The topological polar surface area (TPSA) is 77.5 Å². The molecule has 0 aliphatic carbocycles. The number of nitrogens with zero attached hydrogens (tertiary/aromatic N) is 1. The minimum Gasteiger partial charge on any atom is -0.507 e. The number of amides is 1. The van der Waals surface area contributed by atoms with Gasteiger partial charge in [-0.2, -0.15) is 5.10 Å². The van der Waals surface area contributed by atoms with Gasteiger partial charge in [0.05, 0.1) is 17.0 Å². The van der Waals surface area contributed by atoms with Crippen LogP contribution in [0.1, 0.15) is 28.5 Å². The highest BCUT2D eigenvalue weighted by atomic mass is 79.9. The van der Waals surface area contributed by atoms with E-state index in [1.54, 1.807) is 19.1 Å². The molecule has 1 aromatic heterocycles. The van der Waals surface area contributed by atoms with E-state index in [-0.39, 0.29) is 11.3 Å². The molecule has 0 aliphatic rings. The molecule has 6 heteroatoms. The number of benzene rings is 2. The molecule has 1 amide bonds. The van der Waals surface area contributed by atoms with E-state index in [1.807, 2.05) is 25.1 Å². The van der Waals surface area contributed by atoms with Crippen molar-refractivity contribution in [3.63, 3.8) is 0 Å². The van der Waals surface area contributed by atoms with Crippen LogP contribution in [0.3, 0.4) is 0 Å². The van der Waals surface area contributed by atoms with Gasteiger partial charge in [-0.25, -0.2) is 5.43 Å². The van der Waals surface area contributed by atoms with Crippen LogP contribution < -0.4 is 5.43 Å². The molecule has 3 rings (SSSR count). The van der Waals surface area contributed by atoms with Crippen molar-refractivity contribution in [2.75, 3.05) is 0 Å². The molecule has 0 unspecified atom stereocenters. The zero-order chi connectivity index (χ0) is 17.3. The fourth-order valence-electron chi connectivity index (χ4n) is 2.39. The van der Waals surface area contributed by atoms with Crippen molar-refractivity contribution in [2.45, 2.75) is 13.8 Å². The fraction of sp³-hybridized carbons (Fsp3) is 0.111. The van der Waals surface area contributed by atoms with E-state index in [4.69, 9.17) is 0 Å². The molecular weight excluding hydrogens is 370 g/mol. The molecule has 1 heterocycles. The Bertz CT molecular complexity index is 960. The van der Waals surface area contributed by atoms with Gasteiger partial charge in [0.2, 0.25) is 0 Å². The van der Waals surface area contributed by atoms with Crippen LogP contribution in [0.2, 0.25) is 0 Å². The van der Waals surface area contributed by atoms with Crippen molar-refractivity contribution in [1.29, 1.82) is 0 Å². The summed E-state index contributed by atoms with van der Waals surface area (Å²) in [5.41, 5.74) is 6.30. The molecule has 0 fully saturated rings. The minimum absolute atomic E-state index is 0.0929. The molecule has 122 valence electrons. The van der Waals surface area contributed by atoms with Gasteiger partial charge in [-0.3, -0.25) is 4.79 Å². The summed E-state index contributed by atoms with van der Waals surface area (Å²) in [5, 5.41) is 15.0. The Hall–Kier alpha value is -2.60. The number of hydrogen-bond donors (Lipinski definition) is 3. The molecule has 3 aromatic rings. The number of aromatic nitrogens is 1. The standard InChI is InChI=1S/C18H16BrN3O2/c1-10-3-5-15-12(7-10)8-16(20-15)11(2)21-22-18(24)14-9-13(19)4-6-17(14)23/h3-9,20,23H,1-2H3,(H,22,24)/b21-11+. The fourth-order valence-corrected chi connectivity index (χ4v) is 2.75. The van der Waals surface area contributed by atoms with Crippen molar-refractivity contribution in [2.24, 2.45) is 5.10 Å². The average Bonchev–Trinajstić information content (AvgIpc) is 2.97. The van der Waals surface area contributed by atoms with E-state index in [1.165, 1.54) is 11.6 Å². The first-order chi connectivity index (χ1) is 11.4. The third-order valence-corrected chi connectivity index (χ3v) is 4.19. The summed E-state index contributed by atoms with van der Waals surface area (Å²) >= 11 is 3.27. The molecule has 0 bridgehead atoms. The summed E-state index contributed by atoms with van der Waals surface area (Å²) in [4.78, 5) is 15.4. The number of halogens is 1. The van der Waals surface area contributed by atoms with Gasteiger partial charge in [-0.15, -0.1) is 0 Å². The predicted molar refractivity (Wildman–Crippen MR) is 98.5 cm³/mol. The highest BCUT2D eigenvalue weighted by molar-refractivity contribution is 9.10. The Morgan fingerprint density at radius 2 is 2.00 bits per heavy atom. The third kappa shape index (κ3) is 3.33. The second-order valence-electron chi connectivity index (χ2n) is 5.57. The number of aromatic amines is 1. The minimum atomic E-state index is -0.472. The highest BCUT2D eigenvalue weighted by Crippen LogP contribution is 2.22. The Labute approximate surface area is 147 Å². The van der Waals surface area contributed by atoms with Crippen molar-refractivity contribution < 1.29 is 9.90 Å². The van der Waals surface area contributed by atoms with Crippen molar-refractivity contribution in [3.8, 4) is 5.75 Å². The summed E-state index contributed by atoms with van der Waals surface area (Å²) < 4.78 is 0.706. The van der Waals surface area contributed by atoms with Gasteiger partial charge >= 0.3 is 0 Å². The normalized spacial score (nSPS) is 11.7. The quantitative estimate of drug-likeness (QED) is 0.468. The lowest BCUT2D eigenvalue weighted by molar-refractivity contribution is 0.0952. The van der Waals surface area contributed by atoms with Gasteiger partial charge in [0.1, 0.15) is 5.75 Å². The lowest BCUT2D eigenvalue weighted by Crippen LogP contribution is -2.19. The number of hydrogen-bond acceptors (Lipinski definition) is 3. The number of carbonyl (C=O) groups is 1. The van der Waals surface area contributed by atoms with Crippen LogP contribution in [0, 0.1) is 6.92 Å². The Balaban J connectivity index is 1.82. The Morgan fingerprint density at radius 3 is 2.79 bits per heavy atom. The molecule has 0 aliphatic heterocycles. The maximum absolute atomic E-state index is 12.2. The van der Waals surface area contributed by atoms with Gasteiger partial charge in [0.25, 0.3) is 5.91 Å². The lowest BCUT2D eigenvalue weighted by Gasteiger charge is -2.04. The first-order valence-electron chi connectivity index (χ1n) is 7.37. The van der Waals surface area contributed by atoms with E-state index in [0.29, 0.717) is 10.2 Å². The molecular formula is C18H16BrN3O2. The number of aryl methyl sites for hydroxylation is 1.